The van der Waals surface area contributed by atoms with Crippen molar-refractivity contribution in [3.8, 4) is 45.8 Å². The van der Waals surface area contributed by atoms with Crippen LogP contribution in [0.25, 0.3) is 22.3 Å². The number of hydrogen-bond donors (Lipinski definition) is 11. The Hall–Kier alpha value is -3.95. The Kier molecular flexibility index (Phi) is 9.45. The highest BCUT2D eigenvalue weighted by atomic mass is 16.8. The van der Waals surface area contributed by atoms with Crippen LogP contribution in [0.5, 0.6) is 34.5 Å². The van der Waals surface area contributed by atoms with Gasteiger partial charge in [-0.3, -0.25) is 4.79 Å². The summed E-state index contributed by atoms with van der Waals surface area (Å²) in [5.41, 5.74) is -1.74. The SMILES string of the molecule is COc1cc2oc(-c3ccc(O)c(O)c3)c(O[C@@]3([C@H]4O[C@@H](CO)[C@@H](O)[C@@H](O)[C@@H]4O)O[C@@H](CO)[C@H](O)[C@H](O)[C@@H]3O)c(=O)c2c(O)c1OC. The molecule has 3 aromatic rings. The number of fused-ring (bicyclic) bond motifs is 1. The highest BCUT2D eigenvalue weighted by Crippen LogP contribution is 2.47. The molecule has 5 rings (SSSR count). The third kappa shape index (κ3) is 5.47. The molecule has 258 valence electrons. The molecule has 0 saturated carbocycles. The van der Waals surface area contributed by atoms with Crippen LogP contribution in [0.3, 0.4) is 0 Å². The fourth-order valence-electron chi connectivity index (χ4n) is 5.71. The van der Waals surface area contributed by atoms with Gasteiger partial charge in [0.05, 0.1) is 27.4 Å². The van der Waals surface area contributed by atoms with Crippen molar-refractivity contribution in [2.45, 2.75) is 60.7 Å². The van der Waals surface area contributed by atoms with Crippen LogP contribution in [0, 0.1) is 0 Å². The molecule has 0 aliphatic carbocycles. The van der Waals surface area contributed by atoms with Gasteiger partial charge >= 0.3 is 0 Å². The van der Waals surface area contributed by atoms with E-state index in [1.54, 1.807) is 0 Å². The molecule has 47 heavy (non-hydrogen) atoms. The van der Waals surface area contributed by atoms with Gasteiger partial charge in [0.15, 0.2) is 41.0 Å². The van der Waals surface area contributed by atoms with Crippen LogP contribution in [0.2, 0.25) is 0 Å². The number of phenolic OH excluding ortho intramolecular Hbond substituents is 3. The summed E-state index contributed by atoms with van der Waals surface area (Å²) in [6.45, 7) is -2.01. The van der Waals surface area contributed by atoms with Crippen molar-refractivity contribution in [1.29, 1.82) is 0 Å². The van der Waals surface area contributed by atoms with Crippen LogP contribution < -0.4 is 19.6 Å². The minimum Gasteiger partial charge on any atom is -0.504 e. The second-order valence-corrected chi connectivity index (χ2v) is 11.0. The minimum absolute atomic E-state index is 0.0828. The van der Waals surface area contributed by atoms with Crippen LogP contribution in [0.15, 0.2) is 33.5 Å². The zero-order valence-corrected chi connectivity index (χ0v) is 24.7. The van der Waals surface area contributed by atoms with Crippen molar-refractivity contribution in [2.75, 3.05) is 27.4 Å². The lowest BCUT2D eigenvalue weighted by atomic mass is 9.83. The van der Waals surface area contributed by atoms with E-state index in [-0.39, 0.29) is 22.6 Å². The van der Waals surface area contributed by atoms with Crippen molar-refractivity contribution >= 4 is 11.0 Å². The molecule has 0 amide bonds. The number of aromatic hydroxyl groups is 3. The number of phenols is 3. The smallest absolute Gasteiger partial charge is 0.269 e. The Morgan fingerprint density at radius 1 is 0.787 bits per heavy atom. The van der Waals surface area contributed by atoms with E-state index in [2.05, 4.69) is 0 Å². The first-order valence-electron chi connectivity index (χ1n) is 14.1. The fourth-order valence-corrected chi connectivity index (χ4v) is 5.71. The molecule has 0 radical (unpaired) electrons. The molecule has 18 nitrogen and oxygen atoms in total. The van der Waals surface area contributed by atoms with E-state index < -0.39 is 114 Å². The Labute approximate surface area is 264 Å². The molecule has 0 spiro atoms. The number of rotatable bonds is 8. The molecule has 3 heterocycles. The van der Waals surface area contributed by atoms with E-state index in [9.17, 15) is 61.0 Å². The molecule has 2 aliphatic heterocycles. The highest BCUT2D eigenvalue weighted by Gasteiger charge is 2.65. The maximum Gasteiger partial charge on any atom is 0.269 e. The second-order valence-electron chi connectivity index (χ2n) is 11.0. The average molecular weight is 671 g/mol. The first-order chi connectivity index (χ1) is 22.3. The van der Waals surface area contributed by atoms with Gasteiger partial charge in [0.25, 0.3) is 5.79 Å². The molecular formula is C29H34O18. The van der Waals surface area contributed by atoms with Crippen molar-refractivity contribution in [2.24, 2.45) is 0 Å². The van der Waals surface area contributed by atoms with Gasteiger partial charge in [-0.1, -0.05) is 0 Å². The fraction of sp³-hybridized carbons (Fsp3) is 0.483. The van der Waals surface area contributed by atoms with Gasteiger partial charge in [-0.15, -0.1) is 0 Å². The van der Waals surface area contributed by atoms with Crippen LogP contribution >= 0.6 is 0 Å². The van der Waals surface area contributed by atoms with E-state index in [1.807, 2.05) is 0 Å². The predicted molar refractivity (Wildman–Crippen MR) is 153 cm³/mol. The van der Waals surface area contributed by atoms with Crippen LogP contribution in [0.1, 0.15) is 0 Å². The van der Waals surface area contributed by atoms with Gasteiger partial charge in [0.1, 0.15) is 53.7 Å². The summed E-state index contributed by atoms with van der Waals surface area (Å²) < 4.78 is 33.7. The summed E-state index contributed by atoms with van der Waals surface area (Å²) in [6.07, 6.45) is -18.7. The molecule has 18 heteroatoms. The summed E-state index contributed by atoms with van der Waals surface area (Å²) in [7, 11) is 2.40. The summed E-state index contributed by atoms with van der Waals surface area (Å²) in [6, 6.07) is 4.30. The number of aliphatic hydroxyl groups excluding tert-OH is 8. The van der Waals surface area contributed by atoms with E-state index in [4.69, 9.17) is 28.1 Å². The van der Waals surface area contributed by atoms with Crippen molar-refractivity contribution < 1.29 is 84.3 Å². The van der Waals surface area contributed by atoms with Gasteiger partial charge in [-0.2, -0.15) is 0 Å². The highest BCUT2D eigenvalue weighted by molar-refractivity contribution is 5.91. The molecule has 0 unspecified atom stereocenters. The summed E-state index contributed by atoms with van der Waals surface area (Å²) in [4.78, 5) is 14.3. The standard InChI is InChI=1S/C29H34O18/c1-42-13-6-12-16(19(36)25(13)43-2)20(37)26(24(44-12)9-3-4-10(32)11(33)5-9)47-29(27(41)22(39)18(35)15(8-31)46-29)28-23(40)21(38)17(34)14(7-30)45-28/h3-6,14-15,17-18,21-23,27-28,30-36,38-41H,7-8H2,1-2H3/t14-,15-,17+,18-,21+,22-,23-,27-,28-,29-/m0/s1. The van der Waals surface area contributed by atoms with Crippen molar-refractivity contribution in [3.05, 3.63) is 34.5 Å². The zero-order chi connectivity index (χ0) is 34.5. The van der Waals surface area contributed by atoms with Crippen LogP contribution in [0.4, 0.5) is 0 Å². The minimum atomic E-state index is -3.08. The summed E-state index contributed by atoms with van der Waals surface area (Å²) in [5, 5.41) is 115. The molecule has 10 atom stereocenters. The first-order valence-corrected chi connectivity index (χ1v) is 14.1. The van der Waals surface area contributed by atoms with E-state index in [0.717, 1.165) is 19.2 Å². The Morgan fingerprint density at radius 3 is 2.04 bits per heavy atom. The van der Waals surface area contributed by atoms with Gasteiger partial charge in [-0.25, -0.2) is 0 Å². The second kappa shape index (κ2) is 12.9. The van der Waals surface area contributed by atoms with Gasteiger partial charge in [-0.05, 0) is 18.2 Å². The molecule has 0 bridgehead atoms. The third-order valence-corrected chi connectivity index (χ3v) is 8.23. The molecule has 2 saturated heterocycles. The number of benzene rings is 2. The van der Waals surface area contributed by atoms with E-state index in [1.165, 1.54) is 19.2 Å². The van der Waals surface area contributed by atoms with E-state index in [0.29, 0.717) is 0 Å². The van der Waals surface area contributed by atoms with Gasteiger partial charge in [0.2, 0.25) is 16.9 Å². The van der Waals surface area contributed by atoms with Crippen molar-refractivity contribution in [1.82, 2.24) is 0 Å². The van der Waals surface area contributed by atoms with Gasteiger partial charge < -0.3 is 84.3 Å². The number of aliphatic hydroxyl groups is 8. The maximum absolute atomic E-state index is 14.3. The summed E-state index contributed by atoms with van der Waals surface area (Å²) >= 11 is 0. The van der Waals surface area contributed by atoms with Crippen molar-refractivity contribution in [3.63, 3.8) is 0 Å². The monoisotopic (exact) mass is 670 g/mol. The molecular weight excluding hydrogens is 636 g/mol. The normalized spacial score (nSPS) is 32.7. The Balaban J connectivity index is 1.85. The molecule has 1 aromatic heterocycles. The topological polar surface area (TPSA) is 299 Å². The Bertz CT molecular complexity index is 1670. The maximum atomic E-state index is 14.3. The largest absolute Gasteiger partial charge is 0.504 e. The number of methoxy groups -OCH3 is 2. The zero-order valence-electron chi connectivity index (χ0n) is 24.7. The molecule has 11 N–H and O–H groups in total. The van der Waals surface area contributed by atoms with Crippen LogP contribution in [-0.2, 0) is 9.47 Å². The lowest BCUT2D eigenvalue weighted by molar-refractivity contribution is -0.396. The lowest BCUT2D eigenvalue weighted by Crippen LogP contribution is -2.77. The number of ether oxygens (including phenoxy) is 5. The Morgan fingerprint density at radius 2 is 1.45 bits per heavy atom. The third-order valence-electron chi connectivity index (χ3n) is 8.23. The number of hydrogen-bond acceptors (Lipinski definition) is 18. The molecule has 2 aromatic carbocycles. The van der Waals surface area contributed by atoms with E-state index >= 15 is 0 Å². The van der Waals surface area contributed by atoms with Crippen LogP contribution in [-0.4, -0.2) is 144 Å². The predicted octanol–water partition coefficient (Wildman–Crippen LogP) is -3.01. The first kappa shape index (κ1) is 34.4. The molecule has 2 aliphatic rings. The average Bonchev–Trinajstić information content (AvgIpc) is 3.06. The summed E-state index contributed by atoms with van der Waals surface area (Å²) in [5.74, 6) is -7.10. The van der Waals surface area contributed by atoms with Gasteiger partial charge in [0, 0.05) is 11.6 Å². The quantitative estimate of drug-likeness (QED) is 0.106. The molecule has 2 fully saturated rings. The lowest BCUT2D eigenvalue weighted by Gasteiger charge is -2.54.